The summed E-state index contributed by atoms with van der Waals surface area (Å²) in [7, 11) is 0. The summed E-state index contributed by atoms with van der Waals surface area (Å²) in [5.41, 5.74) is 1.73. The molecule has 2 aromatic heterocycles. The maximum atomic E-state index is 12.7. The van der Waals surface area contributed by atoms with Crippen LogP contribution in [0.1, 0.15) is 24.2 Å². The molecule has 3 aliphatic rings. The Labute approximate surface area is 140 Å². The van der Waals surface area contributed by atoms with Crippen molar-refractivity contribution in [1.29, 1.82) is 0 Å². The van der Waals surface area contributed by atoms with Crippen molar-refractivity contribution < 1.29 is 4.79 Å². The lowest BCUT2D eigenvalue weighted by Crippen LogP contribution is -2.63. The van der Waals surface area contributed by atoms with Crippen molar-refractivity contribution in [2.24, 2.45) is 0 Å². The van der Waals surface area contributed by atoms with Gasteiger partial charge in [-0.1, -0.05) is 0 Å². The molecule has 0 aromatic carbocycles. The number of nitrogens with one attached hydrogen (secondary N) is 2. The Morgan fingerprint density at radius 3 is 2.71 bits per heavy atom. The summed E-state index contributed by atoms with van der Waals surface area (Å²) in [6.07, 6.45) is 3.84. The topological polar surface area (TPSA) is 88.0 Å². The highest BCUT2D eigenvalue weighted by atomic mass is 16.2. The number of hydrogen-bond acceptors (Lipinski definition) is 5. The first-order valence-electron chi connectivity index (χ1n) is 8.28. The van der Waals surface area contributed by atoms with Crippen LogP contribution in [0.3, 0.4) is 0 Å². The van der Waals surface area contributed by atoms with Crippen molar-refractivity contribution in [3.05, 3.63) is 29.7 Å². The molecular weight excluding hydrogens is 306 g/mol. The summed E-state index contributed by atoms with van der Waals surface area (Å²) in [5.74, 6) is 1.05. The zero-order valence-electron chi connectivity index (χ0n) is 13.9. The number of aryl methyl sites for hydroxylation is 2. The first kappa shape index (κ1) is 15.1. The van der Waals surface area contributed by atoms with E-state index < -0.39 is 0 Å². The van der Waals surface area contributed by atoms with Crippen LogP contribution < -0.4 is 10.6 Å². The maximum absolute atomic E-state index is 12.7. The molecule has 0 spiro atoms. The molecule has 2 amide bonds. The van der Waals surface area contributed by atoms with Gasteiger partial charge < -0.3 is 10.2 Å². The normalized spacial score (nSPS) is 22.7. The highest BCUT2D eigenvalue weighted by Gasteiger charge is 2.36. The van der Waals surface area contributed by atoms with E-state index in [0.717, 1.165) is 37.3 Å². The largest absolute Gasteiger partial charge is 0.323 e. The molecule has 3 saturated heterocycles. The van der Waals surface area contributed by atoms with Crippen molar-refractivity contribution in [3.8, 4) is 5.95 Å². The summed E-state index contributed by atoms with van der Waals surface area (Å²) >= 11 is 0. The molecule has 126 valence electrons. The minimum atomic E-state index is -0.0858. The number of piperidine rings is 2. The van der Waals surface area contributed by atoms with Crippen LogP contribution in [0.4, 0.5) is 10.6 Å². The molecule has 5 rings (SSSR count). The van der Waals surface area contributed by atoms with Gasteiger partial charge in [0.05, 0.1) is 6.20 Å². The fourth-order valence-corrected chi connectivity index (χ4v) is 3.50. The zero-order chi connectivity index (χ0) is 16.7. The van der Waals surface area contributed by atoms with Gasteiger partial charge in [-0.2, -0.15) is 9.78 Å². The highest BCUT2D eigenvalue weighted by Crippen LogP contribution is 2.23. The SMILES string of the molecule is Cc1cc(C)nc(-n2nccc2NC(=O)N2CC3CCC2CN3)n1. The van der Waals surface area contributed by atoms with Crippen LogP contribution >= 0.6 is 0 Å². The van der Waals surface area contributed by atoms with Crippen LogP contribution in [0.15, 0.2) is 18.3 Å². The molecule has 2 N–H and O–H groups in total. The number of urea groups is 1. The van der Waals surface area contributed by atoms with E-state index in [9.17, 15) is 4.79 Å². The summed E-state index contributed by atoms with van der Waals surface area (Å²) in [4.78, 5) is 23.4. The number of nitrogens with zero attached hydrogens (tertiary/aromatic N) is 5. The smallest absolute Gasteiger partial charge is 0.319 e. The number of amides is 2. The van der Waals surface area contributed by atoms with Crippen LogP contribution in [0, 0.1) is 13.8 Å². The van der Waals surface area contributed by atoms with Gasteiger partial charge in [0.15, 0.2) is 0 Å². The number of hydrogen-bond donors (Lipinski definition) is 2. The molecule has 0 saturated carbocycles. The zero-order valence-corrected chi connectivity index (χ0v) is 13.9. The van der Waals surface area contributed by atoms with Crippen LogP contribution in [0.5, 0.6) is 0 Å². The molecule has 2 atom stereocenters. The van der Waals surface area contributed by atoms with E-state index in [4.69, 9.17) is 0 Å². The minimum absolute atomic E-state index is 0.0858. The van der Waals surface area contributed by atoms with E-state index in [-0.39, 0.29) is 12.1 Å². The third-order valence-corrected chi connectivity index (χ3v) is 4.65. The number of carbonyl (C=O) groups excluding carboxylic acids is 1. The van der Waals surface area contributed by atoms with Crippen molar-refractivity contribution in [1.82, 2.24) is 30.0 Å². The molecule has 3 aliphatic heterocycles. The molecule has 0 aliphatic carbocycles. The van der Waals surface area contributed by atoms with E-state index >= 15 is 0 Å². The predicted molar refractivity (Wildman–Crippen MR) is 89.2 cm³/mol. The van der Waals surface area contributed by atoms with Crippen LogP contribution in [0.25, 0.3) is 5.95 Å². The van der Waals surface area contributed by atoms with Crippen LogP contribution in [-0.2, 0) is 0 Å². The summed E-state index contributed by atoms with van der Waals surface area (Å²) < 4.78 is 1.57. The Kier molecular flexibility index (Phi) is 3.68. The molecular formula is C16H21N7O. The van der Waals surface area contributed by atoms with Gasteiger partial charge in [-0.25, -0.2) is 14.8 Å². The number of anilines is 1. The first-order valence-corrected chi connectivity index (χ1v) is 8.28. The number of piperazine rings is 1. The quantitative estimate of drug-likeness (QED) is 0.867. The Morgan fingerprint density at radius 2 is 2.08 bits per heavy atom. The fourth-order valence-electron chi connectivity index (χ4n) is 3.50. The number of fused-ring (bicyclic) bond motifs is 3. The van der Waals surface area contributed by atoms with Gasteiger partial charge in [-0.3, -0.25) is 5.32 Å². The van der Waals surface area contributed by atoms with Crippen molar-refractivity contribution in [2.75, 3.05) is 18.4 Å². The summed E-state index contributed by atoms with van der Waals surface area (Å²) in [6, 6.07) is 4.26. The summed E-state index contributed by atoms with van der Waals surface area (Å²) in [6.45, 7) is 5.46. The Hall–Kier alpha value is -2.48. The third kappa shape index (κ3) is 2.73. The van der Waals surface area contributed by atoms with Gasteiger partial charge in [-0.05, 0) is 32.8 Å². The molecule has 24 heavy (non-hydrogen) atoms. The molecule has 0 radical (unpaired) electrons. The van der Waals surface area contributed by atoms with Gasteiger partial charge in [0.1, 0.15) is 5.82 Å². The third-order valence-electron chi connectivity index (χ3n) is 4.65. The Morgan fingerprint density at radius 1 is 1.29 bits per heavy atom. The predicted octanol–water partition coefficient (Wildman–Crippen LogP) is 1.25. The Bertz CT molecular complexity index is 743. The highest BCUT2D eigenvalue weighted by molar-refractivity contribution is 5.89. The maximum Gasteiger partial charge on any atom is 0.323 e. The molecule has 2 unspecified atom stereocenters. The lowest BCUT2D eigenvalue weighted by molar-refractivity contribution is 0.106. The second kappa shape index (κ2) is 5.86. The van der Waals surface area contributed by atoms with Crippen LogP contribution in [0.2, 0.25) is 0 Å². The fraction of sp³-hybridized carbons (Fsp3) is 0.500. The van der Waals surface area contributed by atoms with Crippen LogP contribution in [-0.4, -0.2) is 55.9 Å². The van der Waals surface area contributed by atoms with E-state index in [1.54, 1.807) is 16.9 Å². The van der Waals surface area contributed by atoms with E-state index in [1.807, 2.05) is 24.8 Å². The van der Waals surface area contributed by atoms with Crippen molar-refractivity contribution in [3.63, 3.8) is 0 Å². The molecule has 8 nitrogen and oxygen atoms in total. The molecule has 5 heterocycles. The van der Waals surface area contributed by atoms with E-state index in [1.165, 1.54) is 0 Å². The van der Waals surface area contributed by atoms with Gasteiger partial charge >= 0.3 is 6.03 Å². The van der Waals surface area contributed by atoms with Crippen molar-refractivity contribution in [2.45, 2.75) is 38.8 Å². The second-order valence-electron chi connectivity index (χ2n) is 6.50. The minimum Gasteiger partial charge on any atom is -0.319 e. The lowest BCUT2D eigenvalue weighted by Gasteiger charge is -2.45. The molecule has 2 aromatic rings. The van der Waals surface area contributed by atoms with Crippen molar-refractivity contribution >= 4 is 11.8 Å². The van der Waals surface area contributed by atoms with Gasteiger partial charge in [-0.15, -0.1) is 0 Å². The standard InChI is InChI=1S/C16H21N7O/c1-10-7-11(2)20-15(19-10)23-14(5-6-18-23)21-16(24)22-9-12-3-4-13(22)8-17-12/h5-7,12-13,17H,3-4,8-9H2,1-2H3,(H,21,24). The number of carbonyl (C=O) groups is 1. The van der Waals surface area contributed by atoms with E-state index in [0.29, 0.717) is 17.8 Å². The average molecular weight is 327 g/mol. The van der Waals surface area contributed by atoms with Gasteiger partial charge in [0, 0.05) is 42.6 Å². The monoisotopic (exact) mass is 327 g/mol. The first-order chi connectivity index (χ1) is 11.6. The summed E-state index contributed by atoms with van der Waals surface area (Å²) in [5, 5.41) is 10.7. The number of aromatic nitrogens is 4. The lowest BCUT2D eigenvalue weighted by atomic mass is 9.93. The second-order valence-corrected chi connectivity index (χ2v) is 6.50. The van der Waals surface area contributed by atoms with E-state index in [2.05, 4.69) is 25.7 Å². The van der Waals surface area contributed by atoms with Gasteiger partial charge in [0.25, 0.3) is 5.95 Å². The molecule has 2 bridgehead atoms. The average Bonchev–Trinajstić information content (AvgIpc) is 3.03. The Balaban J connectivity index is 1.56. The number of rotatable bonds is 2. The molecule has 3 fully saturated rings. The molecule has 8 heteroatoms. The van der Waals surface area contributed by atoms with Gasteiger partial charge in [0.2, 0.25) is 0 Å².